The number of carbonyl (C=O) groups excluding carboxylic acids is 1. The molecule has 0 aliphatic carbocycles. The number of unbranched alkanes of at least 4 members (excludes halogenated alkanes) is 1. The van der Waals surface area contributed by atoms with Crippen LogP contribution in [0.3, 0.4) is 0 Å². The van der Waals surface area contributed by atoms with Gasteiger partial charge >= 0.3 is 0 Å². The van der Waals surface area contributed by atoms with E-state index in [2.05, 4.69) is 28.6 Å². The van der Waals surface area contributed by atoms with Crippen molar-refractivity contribution in [3.05, 3.63) is 72.6 Å². The molecule has 30 heavy (non-hydrogen) atoms. The Bertz CT molecular complexity index is 981. The van der Waals surface area contributed by atoms with Crippen molar-refractivity contribution < 1.29 is 14.3 Å². The highest BCUT2D eigenvalue weighted by Crippen LogP contribution is 2.20. The fraction of sp³-hybridized carbons (Fsp3) is 0.333. The van der Waals surface area contributed by atoms with Gasteiger partial charge in [-0.3, -0.25) is 4.79 Å². The smallest absolute Gasteiger partial charge is 0.246 e. The standard InChI is InChI=1S/C24H29N3O3/c1-3-10-19-11-4-7-14-22(19)30-16-9-8-15-27-21-13-6-5-12-20(21)26-23(27)17-25-24(28)18-29-2/h3-7,11-14H,1,8-10,15-18H2,2H3,(H,25,28). The number of aromatic nitrogens is 2. The second-order valence-electron chi connectivity index (χ2n) is 7.03. The molecule has 0 aliphatic rings. The summed E-state index contributed by atoms with van der Waals surface area (Å²) < 4.78 is 13.0. The first-order valence-electron chi connectivity index (χ1n) is 10.2. The van der Waals surface area contributed by atoms with E-state index in [-0.39, 0.29) is 12.5 Å². The summed E-state index contributed by atoms with van der Waals surface area (Å²) in [5, 5.41) is 2.86. The number of allylic oxidation sites excluding steroid dienone is 1. The van der Waals surface area contributed by atoms with Crippen LogP contribution in [0, 0.1) is 0 Å². The monoisotopic (exact) mass is 407 g/mol. The van der Waals surface area contributed by atoms with Crippen LogP contribution in [0.5, 0.6) is 5.75 Å². The van der Waals surface area contributed by atoms with Crippen molar-refractivity contribution >= 4 is 16.9 Å². The van der Waals surface area contributed by atoms with Gasteiger partial charge in [0.2, 0.25) is 5.91 Å². The zero-order chi connectivity index (χ0) is 21.2. The molecule has 1 aromatic heterocycles. The maximum Gasteiger partial charge on any atom is 0.246 e. The van der Waals surface area contributed by atoms with Crippen LogP contribution in [0.25, 0.3) is 11.0 Å². The first-order valence-corrected chi connectivity index (χ1v) is 10.2. The zero-order valence-corrected chi connectivity index (χ0v) is 17.5. The van der Waals surface area contributed by atoms with Crippen LogP contribution in [0.2, 0.25) is 0 Å². The lowest BCUT2D eigenvalue weighted by molar-refractivity contribution is -0.124. The summed E-state index contributed by atoms with van der Waals surface area (Å²) in [7, 11) is 1.51. The van der Waals surface area contributed by atoms with Gasteiger partial charge in [0.15, 0.2) is 0 Å². The number of hydrogen-bond acceptors (Lipinski definition) is 4. The quantitative estimate of drug-likeness (QED) is 0.365. The minimum atomic E-state index is -0.150. The molecular weight excluding hydrogens is 378 g/mol. The average molecular weight is 408 g/mol. The number of aryl methyl sites for hydroxylation is 1. The Morgan fingerprint density at radius 3 is 2.80 bits per heavy atom. The second kappa shape index (κ2) is 11.2. The largest absolute Gasteiger partial charge is 0.493 e. The third kappa shape index (κ3) is 5.70. The number of ether oxygens (including phenoxy) is 2. The molecule has 2 aromatic carbocycles. The van der Waals surface area contributed by atoms with Crippen LogP contribution in [0.4, 0.5) is 0 Å². The van der Waals surface area contributed by atoms with E-state index in [1.54, 1.807) is 0 Å². The molecule has 0 spiro atoms. The van der Waals surface area contributed by atoms with Gasteiger partial charge in [-0.2, -0.15) is 0 Å². The topological polar surface area (TPSA) is 65.4 Å². The number of benzene rings is 2. The molecule has 1 N–H and O–H groups in total. The molecule has 158 valence electrons. The summed E-state index contributed by atoms with van der Waals surface area (Å²) in [5.41, 5.74) is 3.16. The minimum absolute atomic E-state index is 0.0465. The highest BCUT2D eigenvalue weighted by Gasteiger charge is 2.11. The molecule has 0 bridgehead atoms. The van der Waals surface area contributed by atoms with Crippen LogP contribution in [-0.4, -0.2) is 35.8 Å². The van der Waals surface area contributed by atoms with Gasteiger partial charge in [-0.15, -0.1) is 6.58 Å². The van der Waals surface area contributed by atoms with Crippen molar-refractivity contribution in [1.82, 2.24) is 14.9 Å². The Labute approximate surface area is 177 Å². The van der Waals surface area contributed by atoms with E-state index < -0.39 is 0 Å². The van der Waals surface area contributed by atoms with E-state index >= 15 is 0 Å². The van der Waals surface area contributed by atoms with Crippen LogP contribution in [0.15, 0.2) is 61.2 Å². The summed E-state index contributed by atoms with van der Waals surface area (Å²) in [4.78, 5) is 16.4. The minimum Gasteiger partial charge on any atom is -0.493 e. The normalized spacial score (nSPS) is 10.8. The van der Waals surface area contributed by atoms with Gasteiger partial charge in [-0.05, 0) is 43.0 Å². The van der Waals surface area contributed by atoms with Gasteiger partial charge in [0.25, 0.3) is 0 Å². The molecule has 0 saturated carbocycles. The zero-order valence-electron chi connectivity index (χ0n) is 17.5. The molecule has 0 saturated heterocycles. The molecule has 0 fully saturated rings. The predicted molar refractivity (Wildman–Crippen MR) is 119 cm³/mol. The third-order valence-corrected chi connectivity index (χ3v) is 4.82. The summed E-state index contributed by atoms with van der Waals surface area (Å²) in [6.45, 7) is 5.70. The lowest BCUT2D eigenvalue weighted by Crippen LogP contribution is -2.28. The maximum atomic E-state index is 11.8. The Hall–Kier alpha value is -3.12. The van der Waals surface area contributed by atoms with Gasteiger partial charge in [0, 0.05) is 13.7 Å². The number of imidazole rings is 1. The van der Waals surface area contributed by atoms with Crippen LogP contribution >= 0.6 is 0 Å². The van der Waals surface area contributed by atoms with Crippen LogP contribution in [0.1, 0.15) is 24.2 Å². The van der Waals surface area contributed by atoms with E-state index in [1.807, 2.05) is 42.5 Å². The number of carbonyl (C=O) groups is 1. The third-order valence-electron chi connectivity index (χ3n) is 4.82. The lowest BCUT2D eigenvalue weighted by Gasteiger charge is -2.12. The number of nitrogens with one attached hydrogen (secondary N) is 1. The summed E-state index contributed by atoms with van der Waals surface area (Å²) in [6.07, 6.45) is 4.56. The fourth-order valence-corrected chi connectivity index (χ4v) is 3.39. The number of nitrogens with zero attached hydrogens (tertiary/aromatic N) is 2. The molecule has 0 atom stereocenters. The number of methoxy groups -OCH3 is 1. The van der Waals surface area contributed by atoms with E-state index in [4.69, 9.17) is 14.5 Å². The van der Waals surface area contributed by atoms with Gasteiger partial charge in [0.1, 0.15) is 18.2 Å². The molecule has 6 nitrogen and oxygen atoms in total. The molecule has 0 aliphatic heterocycles. The van der Waals surface area contributed by atoms with Gasteiger partial charge in [0.05, 0.1) is 24.2 Å². The van der Waals surface area contributed by atoms with Crippen molar-refractivity contribution in [3.8, 4) is 5.75 Å². The Balaban J connectivity index is 1.58. The van der Waals surface area contributed by atoms with Crippen molar-refractivity contribution in [3.63, 3.8) is 0 Å². The van der Waals surface area contributed by atoms with E-state index in [9.17, 15) is 4.79 Å². The lowest BCUT2D eigenvalue weighted by atomic mass is 10.1. The Kier molecular flexibility index (Phi) is 8.03. The molecule has 0 unspecified atom stereocenters. The molecule has 1 heterocycles. The highest BCUT2D eigenvalue weighted by molar-refractivity contribution is 5.78. The molecule has 3 aromatic rings. The Morgan fingerprint density at radius 1 is 1.17 bits per heavy atom. The van der Waals surface area contributed by atoms with Gasteiger partial charge < -0.3 is 19.4 Å². The number of amides is 1. The second-order valence-corrected chi connectivity index (χ2v) is 7.03. The molecule has 1 amide bonds. The van der Waals surface area contributed by atoms with E-state index in [0.29, 0.717) is 13.2 Å². The highest BCUT2D eigenvalue weighted by atomic mass is 16.5. The average Bonchev–Trinajstić information content (AvgIpc) is 3.11. The fourth-order valence-electron chi connectivity index (χ4n) is 3.39. The summed E-state index contributed by atoms with van der Waals surface area (Å²) in [5.74, 6) is 1.62. The van der Waals surface area contributed by atoms with Gasteiger partial charge in [-0.25, -0.2) is 4.98 Å². The van der Waals surface area contributed by atoms with Gasteiger partial charge in [-0.1, -0.05) is 36.4 Å². The SMILES string of the molecule is C=CCc1ccccc1OCCCCn1c(CNC(=O)COC)nc2ccccc21. The first-order chi connectivity index (χ1) is 14.7. The van der Waals surface area contributed by atoms with Crippen LogP contribution < -0.4 is 10.1 Å². The van der Waals surface area contributed by atoms with Crippen molar-refractivity contribution in [2.24, 2.45) is 0 Å². The number of fused-ring (bicyclic) bond motifs is 1. The van der Waals surface area contributed by atoms with Crippen molar-refractivity contribution in [1.29, 1.82) is 0 Å². The predicted octanol–water partition coefficient (Wildman–Crippen LogP) is 3.89. The molecule has 3 rings (SSSR count). The number of rotatable bonds is 12. The van der Waals surface area contributed by atoms with Crippen molar-refractivity contribution in [2.75, 3.05) is 20.3 Å². The summed E-state index contributed by atoms with van der Waals surface area (Å²) >= 11 is 0. The molecule has 6 heteroatoms. The van der Waals surface area contributed by atoms with E-state index in [0.717, 1.165) is 54.0 Å². The maximum absolute atomic E-state index is 11.8. The summed E-state index contributed by atoms with van der Waals surface area (Å²) in [6, 6.07) is 16.1. The first kappa shape index (κ1) is 21.6. The number of para-hydroxylation sites is 3. The molecular formula is C24H29N3O3. The number of hydrogen-bond donors (Lipinski definition) is 1. The Morgan fingerprint density at radius 2 is 1.97 bits per heavy atom. The van der Waals surface area contributed by atoms with E-state index in [1.165, 1.54) is 7.11 Å². The molecule has 0 radical (unpaired) electrons. The van der Waals surface area contributed by atoms with Crippen LogP contribution in [-0.2, 0) is 29.0 Å². The van der Waals surface area contributed by atoms with Crippen molar-refractivity contribution in [2.45, 2.75) is 32.4 Å².